The van der Waals surface area contributed by atoms with E-state index in [2.05, 4.69) is 18.7 Å². The van der Waals surface area contributed by atoms with E-state index in [4.69, 9.17) is 0 Å². The Bertz CT molecular complexity index is 991. The number of hydrogen-bond acceptors (Lipinski definition) is 4. The highest BCUT2D eigenvalue weighted by atomic mass is 32.2. The van der Waals surface area contributed by atoms with Gasteiger partial charge < -0.3 is 9.80 Å². The van der Waals surface area contributed by atoms with E-state index >= 15 is 0 Å². The molecule has 0 bridgehead atoms. The topological polar surface area (TPSA) is 57.7 Å². The highest BCUT2D eigenvalue weighted by molar-refractivity contribution is 7.91. The maximum atomic E-state index is 13.0. The second kappa shape index (κ2) is 12.3. The summed E-state index contributed by atoms with van der Waals surface area (Å²) in [5.41, 5.74) is 1.04. The van der Waals surface area contributed by atoms with Crippen LogP contribution in [-0.2, 0) is 14.6 Å². The van der Waals surface area contributed by atoms with Crippen molar-refractivity contribution in [3.8, 4) is 0 Å². The van der Waals surface area contributed by atoms with Crippen molar-refractivity contribution in [2.75, 3.05) is 32.7 Å². The van der Waals surface area contributed by atoms with Gasteiger partial charge in [0.1, 0.15) is 0 Å². The van der Waals surface area contributed by atoms with Crippen LogP contribution in [0.25, 0.3) is 0 Å². The Morgan fingerprint density at radius 2 is 1.73 bits per heavy atom. The summed E-state index contributed by atoms with van der Waals surface area (Å²) in [5.74, 6) is 0.543. The van der Waals surface area contributed by atoms with Crippen molar-refractivity contribution in [1.82, 2.24) is 9.80 Å². The minimum absolute atomic E-state index is 0.225. The molecule has 1 aliphatic heterocycles. The lowest BCUT2D eigenvalue weighted by atomic mass is 10.0. The molecule has 0 aliphatic carbocycles. The Morgan fingerprint density at radius 1 is 0.970 bits per heavy atom. The Morgan fingerprint density at radius 3 is 2.48 bits per heavy atom. The second-order valence-electron chi connectivity index (χ2n) is 9.08. The molecule has 1 amide bonds. The van der Waals surface area contributed by atoms with Crippen molar-refractivity contribution in [1.29, 1.82) is 0 Å². The molecule has 0 spiro atoms. The third-order valence-electron chi connectivity index (χ3n) is 6.59. The van der Waals surface area contributed by atoms with Crippen molar-refractivity contribution in [2.24, 2.45) is 0 Å². The first-order valence-corrected chi connectivity index (χ1v) is 13.8. The van der Waals surface area contributed by atoms with Crippen LogP contribution in [0.1, 0.15) is 63.9 Å². The fourth-order valence-corrected chi connectivity index (χ4v) is 5.84. The number of sulfone groups is 1. The average molecular weight is 471 g/mol. The zero-order valence-electron chi connectivity index (χ0n) is 20.1. The minimum atomic E-state index is -3.51. The molecule has 0 saturated carbocycles. The highest BCUT2D eigenvalue weighted by Crippen LogP contribution is 2.25. The maximum absolute atomic E-state index is 13.0. The Kier molecular flexibility index (Phi) is 9.51. The van der Waals surface area contributed by atoms with Gasteiger partial charge in [-0.3, -0.25) is 4.79 Å². The van der Waals surface area contributed by atoms with Gasteiger partial charge in [0.05, 0.1) is 9.79 Å². The first-order valence-electron chi connectivity index (χ1n) is 12.3. The van der Waals surface area contributed by atoms with E-state index in [1.165, 1.54) is 0 Å². The molecule has 1 heterocycles. The SMILES string of the molecule is CCN(CCCCN1CCCCCC1=O)CC(C)c1cccc(S(=O)(=O)c2ccccc2)c1. The van der Waals surface area contributed by atoms with Gasteiger partial charge in [-0.1, -0.05) is 50.6 Å². The first-order chi connectivity index (χ1) is 15.9. The van der Waals surface area contributed by atoms with Gasteiger partial charge >= 0.3 is 0 Å². The van der Waals surface area contributed by atoms with Crippen LogP contribution in [0.4, 0.5) is 0 Å². The maximum Gasteiger partial charge on any atom is 0.222 e. The van der Waals surface area contributed by atoms with Crippen molar-refractivity contribution < 1.29 is 13.2 Å². The van der Waals surface area contributed by atoms with E-state index in [-0.39, 0.29) is 5.92 Å². The zero-order chi connectivity index (χ0) is 23.7. The molecule has 0 radical (unpaired) electrons. The lowest BCUT2D eigenvalue weighted by Crippen LogP contribution is -2.32. The number of likely N-dealkylation sites (tertiary alicyclic amines) is 1. The van der Waals surface area contributed by atoms with Gasteiger partial charge in [0.15, 0.2) is 0 Å². The smallest absolute Gasteiger partial charge is 0.222 e. The second-order valence-corrected chi connectivity index (χ2v) is 11.0. The summed E-state index contributed by atoms with van der Waals surface area (Å²) >= 11 is 0. The first kappa shape index (κ1) is 25.4. The lowest BCUT2D eigenvalue weighted by Gasteiger charge is -2.26. The molecule has 2 aromatic carbocycles. The molecule has 6 heteroatoms. The van der Waals surface area contributed by atoms with E-state index < -0.39 is 9.84 Å². The van der Waals surface area contributed by atoms with Gasteiger partial charge in [-0.25, -0.2) is 8.42 Å². The number of hydrogen-bond donors (Lipinski definition) is 0. The molecule has 5 nitrogen and oxygen atoms in total. The normalized spacial score (nSPS) is 16.1. The fraction of sp³-hybridized carbons (Fsp3) is 0.519. The van der Waals surface area contributed by atoms with Gasteiger partial charge in [0.25, 0.3) is 0 Å². The van der Waals surface area contributed by atoms with Crippen LogP contribution in [0.2, 0.25) is 0 Å². The minimum Gasteiger partial charge on any atom is -0.343 e. The van der Waals surface area contributed by atoms with Crippen molar-refractivity contribution in [3.63, 3.8) is 0 Å². The molecular weight excluding hydrogens is 432 g/mol. The summed E-state index contributed by atoms with van der Waals surface area (Å²) in [6.07, 6.45) is 6.12. The van der Waals surface area contributed by atoms with Gasteiger partial charge in [-0.2, -0.15) is 0 Å². The summed E-state index contributed by atoms with van der Waals surface area (Å²) in [6, 6.07) is 16.0. The quantitative estimate of drug-likeness (QED) is 0.427. The molecule has 2 aromatic rings. The van der Waals surface area contributed by atoms with Crippen LogP contribution in [0, 0.1) is 0 Å². The summed E-state index contributed by atoms with van der Waals surface area (Å²) in [7, 11) is -3.51. The molecular formula is C27H38N2O3S. The van der Waals surface area contributed by atoms with Gasteiger partial charge in [0, 0.05) is 26.1 Å². The number of unbranched alkanes of at least 4 members (excludes halogenated alkanes) is 1. The largest absolute Gasteiger partial charge is 0.343 e. The molecule has 3 rings (SSSR count). The third kappa shape index (κ3) is 7.15. The van der Waals surface area contributed by atoms with Crippen LogP contribution in [0.15, 0.2) is 64.4 Å². The molecule has 0 aromatic heterocycles. The molecule has 33 heavy (non-hydrogen) atoms. The number of amides is 1. The fourth-order valence-electron chi connectivity index (χ4n) is 4.51. The molecule has 180 valence electrons. The standard InChI is InChI=1S/C27H38N2O3S/c1-3-28(18-10-11-20-29-19-9-5-8-17-27(29)30)22-23(2)24-13-12-16-26(21-24)33(31,32)25-14-6-4-7-15-25/h4,6-7,12-16,21,23H,3,5,8-11,17-20,22H2,1-2H3. The molecule has 1 saturated heterocycles. The van der Waals surface area contributed by atoms with Crippen LogP contribution in [0.3, 0.4) is 0 Å². The Balaban J connectivity index is 1.54. The summed E-state index contributed by atoms with van der Waals surface area (Å²) in [4.78, 5) is 17.3. The van der Waals surface area contributed by atoms with Crippen molar-refractivity contribution in [2.45, 2.75) is 68.1 Å². The molecule has 0 N–H and O–H groups in total. The van der Waals surface area contributed by atoms with Crippen LogP contribution in [0.5, 0.6) is 0 Å². The van der Waals surface area contributed by atoms with E-state index in [1.807, 2.05) is 29.2 Å². The predicted octanol–water partition coefficient (Wildman–Crippen LogP) is 5.13. The van der Waals surface area contributed by atoms with E-state index in [1.54, 1.807) is 30.3 Å². The number of rotatable bonds is 11. The van der Waals surface area contributed by atoms with Gasteiger partial charge in [-0.05, 0) is 74.5 Å². The van der Waals surface area contributed by atoms with Crippen LogP contribution >= 0.6 is 0 Å². The molecule has 1 aliphatic rings. The summed E-state index contributed by atoms with van der Waals surface area (Å²) < 4.78 is 26.0. The predicted molar refractivity (Wildman–Crippen MR) is 133 cm³/mol. The van der Waals surface area contributed by atoms with E-state index in [9.17, 15) is 13.2 Å². The van der Waals surface area contributed by atoms with E-state index in [0.29, 0.717) is 22.1 Å². The average Bonchev–Trinajstić information content (AvgIpc) is 3.05. The number of carbonyl (C=O) groups is 1. The van der Waals surface area contributed by atoms with Gasteiger partial charge in [-0.15, -0.1) is 0 Å². The Hall–Kier alpha value is -2.18. The monoisotopic (exact) mass is 470 g/mol. The molecule has 1 unspecified atom stereocenters. The molecule has 1 atom stereocenters. The number of carbonyl (C=O) groups excluding carboxylic acids is 1. The Labute approximate surface area is 199 Å². The zero-order valence-corrected chi connectivity index (χ0v) is 20.9. The third-order valence-corrected chi connectivity index (χ3v) is 8.36. The highest BCUT2D eigenvalue weighted by Gasteiger charge is 2.20. The summed E-state index contributed by atoms with van der Waals surface area (Å²) in [6.45, 7) is 8.93. The van der Waals surface area contributed by atoms with Crippen molar-refractivity contribution >= 4 is 15.7 Å². The van der Waals surface area contributed by atoms with Gasteiger partial charge in [0.2, 0.25) is 15.7 Å². The number of nitrogens with zero attached hydrogens (tertiary/aromatic N) is 2. The van der Waals surface area contributed by atoms with Crippen LogP contribution in [-0.4, -0.2) is 56.8 Å². The van der Waals surface area contributed by atoms with Crippen LogP contribution < -0.4 is 0 Å². The molecule has 1 fully saturated rings. The van der Waals surface area contributed by atoms with E-state index in [0.717, 1.165) is 70.4 Å². The number of likely N-dealkylation sites (N-methyl/N-ethyl adjacent to an activating group) is 1. The summed E-state index contributed by atoms with van der Waals surface area (Å²) in [5, 5.41) is 0. The lowest BCUT2D eigenvalue weighted by molar-refractivity contribution is -0.130. The van der Waals surface area contributed by atoms with Crippen molar-refractivity contribution in [3.05, 3.63) is 60.2 Å². The number of benzene rings is 2.